The SMILES string of the molecule is CC[C@H](C)[C@H](NC(=O)[C@H](Cc1ccc(O)cc1)NC(=O)[C@@H]1CCCN1C(=O)[C@H](CCCN=C(N)N)NC(=O)C[N+](C)(C)C)C(=O)N[C@@H](CC(C)C)C(=O)O. The number of carboxylic acids is 1. The number of benzene rings is 1. The highest BCUT2D eigenvalue weighted by Gasteiger charge is 2.40. The minimum absolute atomic E-state index is 0.00757. The molecule has 0 saturated carbocycles. The molecule has 1 aliphatic rings. The Balaban J connectivity index is 2.37. The third kappa shape index (κ3) is 15.2. The monoisotopic (exact) mass is 760 g/mol. The number of amides is 5. The summed E-state index contributed by atoms with van der Waals surface area (Å²) < 4.78 is 0.331. The number of nitrogens with zero attached hydrogens (tertiary/aromatic N) is 3. The molecule has 54 heavy (non-hydrogen) atoms. The van der Waals surface area contributed by atoms with Crippen LogP contribution in [-0.4, -0.2) is 132 Å². The lowest BCUT2D eigenvalue weighted by molar-refractivity contribution is -0.862. The van der Waals surface area contributed by atoms with Crippen molar-refractivity contribution in [1.82, 2.24) is 26.2 Å². The average molecular weight is 761 g/mol. The van der Waals surface area contributed by atoms with Gasteiger partial charge in [-0.1, -0.05) is 46.2 Å². The number of aliphatic imine (C=N–C) groups is 1. The molecule has 302 valence electrons. The predicted molar refractivity (Wildman–Crippen MR) is 204 cm³/mol. The Morgan fingerprint density at radius 3 is 2.13 bits per heavy atom. The summed E-state index contributed by atoms with van der Waals surface area (Å²) in [4.78, 5) is 85.8. The van der Waals surface area contributed by atoms with Gasteiger partial charge in [0.1, 0.15) is 36.0 Å². The van der Waals surface area contributed by atoms with Crippen LogP contribution in [0.5, 0.6) is 5.75 Å². The number of aromatic hydroxyl groups is 1. The molecule has 0 radical (unpaired) electrons. The highest BCUT2D eigenvalue weighted by molar-refractivity contribution is 5.96. The van der Waals surface area contributed by atoms with Crippen LogP contribution < -0.4 is 32.7 Å². The predicted octanol–water partition coefficient (Wildman–Crippen LogP) is -0.198. The van der Waals surface area contributed by atoms with Crippen LogP contribution in [0.4, 0.5) is 0 Å². The number of carbonyl (C=O) groups excluding carboxylic acids is 5. The Hall–Kier alpha value is -4.93. The molecule has 0 aromatic heterocycles. The fourth-order valence-electron chi connectivity index (χ4n) is 6.19. The molecule has 1 fully saturated rings. The maximum absolute atomic E-state index is 14.0. The summed E-state index contributed by atoms with van der Waals surface area (Å²) in [5.74, 6) is -4.43. The molecule has 0 bridgehead atoms. The molecule has 0 unspecified atom stereocenters. The van der Waals surface area contributed by atoms with E-state index in [2.05, 4.69) is 26.3 Å². The lowest BCUT2D eigenvalue weighted by Crippen LogP contribution is -2.60. The number of likely N-dealkylation sites (tertiary alicyclic amines) is 1. The fourth-order valence-corrected chi connectivity index (χ4v) is 6.19. The third-order valence-corrected chi connectivity index (χ3v) is 9.16. The van der Waals surface area contributed by atoms with Gasteiger partial charge in [0.25, 0.3) is 5.91 Å². The van der Waals surface area contributed by atoms with Gasteiger partial charge in [0, 0.05) is 19.5 Å². The van der Waals surface area contributed by atoms with E-state index in [1.807, 2.05) is 41.9 Å². The van der Waals surface area contributed by atoms with Gasteiger partial charge in [0.2, 0.25) is 23.6 Å². The zero-order valence-corrected chi connectivity index (χ0v) is 32.8. The zero-order chi connectivity index (χ0) is 40.7. The normalized spacial score (nSPS) is 17.0. The second-order valence-corrected chi connectivity index (χ2v) is 15.5. The molecule has 1 heterocycles. The maximum atomic E-state index is 14.0. The number of nitrogens with one attached hydrogen (secondary N) is 4. The minimum atomic E-state index is -1.22. The Morgan fingerprint density at radius 1 is 0.926 bits per heavy atom. The smallest absolute Gasteiger partial charge is 0.326 e. The van der Waals surface area contributed by atoms with Gasteiger partial charge >= 0.3 is 5.97 Å². The number of carboxylic acid groups (broad SMARTS) is 1. The number of guanidine groups is 1. The van der Waals surface area contributed by atoms with E-state index in [9.17, 15) is 39.0 Å². The maximum Gasteiger partial charge on any atom is 0.326 e. The van der Waals surface area contributed by atoms with Crippen molar-refractivity contribution < 1.29 is 43.5 Å². The lowest BCUT2D eigenvalue weighted by atomic mass is 9.96. The molecule has 17 heteroatoms. The number of phenolic OH excluding ortho intramolecular Hbond substituents is 1. The van der Waals surface area contributed by atoms with Gasteiger partial charge in [-0.25, -0.2) is 4.79 Å². The van der Waals surface area contributed by atoms with Gasteiger partial charge in [0.05, 0.1) is 21.1 Å². The average Bonchev–Trinajstić information content (AvgIpc) is 3.57. The molecule has 1 aliphatic heterocycles. The molecule has 2 rings (SSSR count). The van der Waals surface area contributed by atoms with Crippen molar-refractivity contribution in [2.24, 2.45) is 28.3 Å². The standard InChI is InChI=1S/C37H61N9O8/c1-8-23(4)31(34(51)43-28(36(53)54)19-22(2)3)44-32(49)27(20-24-13-15-25(47)16-14-24)42-33(50)29-12-10-18-45(29)35(52)26(11-9-17-40-37(38)39)41-30(48)21-46(5,6)7/h13-16,22-23,26-29,31H,8-12,17-21H2,1-7H3,(H9-,38,39,40,41,42,43,44,47,48,49,50,51,53,54)/p+1/t23-,26-,27-,28-,29-,31-/m0/s1. The summed E-state index contributed by atoms with van der Waals surface area (Å²) in [6.07, 6.45) is 2.06. The first-order valence-corrected chi connectivity index (χ1v) is 18.6. The van der Waals surface area contributed by atoms with E-state index in [0.717, 1.165) is 0 Å². The van der Waals surface area contributed by atoms with E-state index in [4.69, 9.17) is 11.5 Å². The van der Waals surface area contributed by atoms with Crippen molar-refractivity contribution in [2.45, 2.75) is 103 Å². The Kier molecular flexibility index (Phi) is 17.7. The molecule has 6 atom stereocenters. The van der Waals surface area contributed by atoms with Gasteiger partial charge in [-0.15, -0.1) is 0 Å². The van der Waals surface area contributed by atoms with E-state index in [1.54, 1.807) is 19.1 Å². The van der Waals surface area contributed by atoms with E-state index >= 15 is 0 Å². The van der Waals surface area contributed by atoms with Crippen molar-refractivity contribution in [2.75, 3.05) is 40.8 Å². The quantitative estimate of drug-likeness (QED) is 0.0354. The van der Waals surface area contributed by atoms with Crippen molar-refractivity contribution in [3.63, 3.8) is 0 Å². The summed E-state index contributed by atoms with van der Waals surface area (Å²) >= 11 is 0. The summed E-state index contributed by atoms with van der Waals surface area (Å²) in [6, 6.07) is 0.682. The lowest BCUT2D eigenvalue weighted by Gasteiger charge is -2.31. The first-order valence-electron chi connectivity index (χ1n) is 18.6. The number of nitrogens with two attached hydrogens (primary N) is 2. The van der Waals surface area contributed by atoms with Gasteiger partial charge in [-0.05, 0) is 61.6 Å². The number of likely N-dealkylation sites (N-methyl/N-ethyl adjacent to an activating group) is 1. The first-order chi connectivity index (χ1) is 25.2. The van der Waals surface area contributed by atoms with Crippen LogP contribution in [-0.2, 0) is 35.2 Å². The Morgan fingerprint density at radius 2 is 1.57 bits per heavy atom. The molecule has 0 aliphatic carbocycles. The summed E-state index contributed by atoms with van der Waals surface area (Å²) in [7, 11) is 5.54. The second-order valence-electron chi connectivity index (χ2n) is 15.5. The van der Waals surface area contributed by atoms with Crippen molar-refractivity contribution in [3.8, 4) is 5.75 Å². The molecule has 5 amide bonds. The van der Waals surface area contributed by atoms with Crippen LogP contribution >= 0.6 is 0 Å². The number of quaternary nitrogens is 1. The van der Waals surface area contributed by atoms with E-state index in [0.29, 0.717) is 35.7 Å². The molecule has 1 saturated heterocycles. The van der Waals surface area contributed by atoms with Crippen molar-refractivity contribution in [1.29, 1.82) is 0 Å². The molecule has 1 aromatic rings. The third-order valence-electron chi connectivity index (χ3n) is 9.16. The van der Waals surface area contributed by atoms with Crippen LogP contribution in [0.2, 0.25) is 0 Å². The fraction of sp³-hybridized carbons (Fsp3) is 0.649. The highest BCUT2D eigenvalue weighted by atomic mass is 16.4. The van der Waals surface area contributed by atoms with E-state index in [-0.39, 0.29) is 62.4 Å². The minimum Gasteiger partial charge on any atom is -0.508 e. The van der Waals surface area contributed by atoms with Gasteiger partial charge < -0.3 is 52.3 Å². The molecular formula is C37H62N9O8+. The topological polar surface area (TPSA) is 259 Å². The van der Waals surface area contributed by atoms with Crippen molar-refractivity contribution in [3.05, 3.63) is 29.8 Å². The first kappa shape index (κ1) is 45.2. The van der Waals surface area contributed by atoms with Gasteiger partial charge in [0.15, 0.2) is 12.5 Å². The Bertz CT molecular complexity index is 1470. The number of hydrogen-bond acceptors (Lipinski definition) is 8. The molecule has 17 nitrogen and oxygen atoms in total. The van der Waals surface area contributed by atoms with E-state index in [1.165, 1.54) is 17.0 Å². The van der Waals surface area contributed by atoms with E-state index < -0.39 is 65.7 Å². The molecule has 10 N–H and O–H groups in total. The van der Waals surface area contributed by atoms with Gasteiger partial charge in [-0.2, -0.15) is 0 Å². The highest BCUT2D eigenvalue weighted by Crippen LogP contribution is 2.21. The number of rotatable bonds is 21. The van der Waals surface area contributed by atoms with Crippen LogP contribution in [0.3, 0.4) is 0 Å². The number of phenols is 1. The summed E-state index contributed by atoms with van der Waals surface area (Å²) in [5.41, 5.74) is 11.5. The van der Waals surface area contributed by atoms with Crippen LogP contribution in [0, 0.1) is 11.8 Å². The summed E-state index contributed by atoms with van der Waals surface area (Å²) in [5, 5.41) is 30.5. The largest absolute Gasteiger partial charge is 0.508 e. The van der Waals surface area contributed by atoms with Crippen molar-refractivity contribution >= 4 is 41.5 Å². The van der Waals surface area contributed by atoms with Crippen LogP contribution in [0.25, 0.3) is 0 Å². The van der Waals surface area contributed by atoms with Crippen LogP contribution in [0.15, 0.2) is 29.3 Å². The molecular weight excluding hydrogens is 698 g/mol. The van der Waals surface area contributed by atoms with Gasteiger partial charge in [-0.3, -0.25) is 29.0 Å². The zero-order valence-electron chi connectivity index (χ0n) is 32.8. The second kappa shape index (κ2) is 21.1. The molecule has 0 spiro atoms. The summed E-state index contributed by atoms with van der Waals surface area (Å²) in [6.45, 7) is 7.86. The number of hydrogen-bond donors (Lipinski definition) is 8. The van der Waals surface area contributed by atoms with Crippen LogP contribution in [0.1, 0.15) is 71.8 Å². The number of aliphatic carboxylic acids is 1. The molecule has 1 aromatic carbocycles. The Labute approximate surface area is 318 Å². The number of carbonyl (C=O) groups is 6.